The summed E-state index contributed by atoms with van der Waals surface area (Å²) in [5.41, 5.74) is 1.73. The maximum absolute atomic E-state index is 9.22. The zero-order valence-electron chi connectivity index (χ0n) is 12.0. The highest BCUT2D eigenvalue weighted by atomic mass is 32.1. The normalized spacial score (nSPS) is 15.6. The molecule has 0 saturated carbocycles. The Labute approximate surface area is 128 Å². The van der Waals surface area contributed by atoms with Crippen LogP contribution in [0.1, 0.15) is 17.7 Å². The molecule has 3 rings (SSSR count). The average molecular weight is 299 g/mol. The van der Waals surface area contributed by atoms with E-state index in [2.05, 4.69) is 31.2 Å². The Kier molecular flexibility index (Phi) is 4.02. The van der Waals surface area contributed by atoms with Gasteiger partial charge in [0.05, 0.1) is 11.3 Å². The Bertz CT molecular complexity index is 660. The minimum absolute atomic E-state index is 0.649. The van der Waals surface area contributed by atoms with Crippen molar-refractivity contribution in [2.45, 2.75) is 13.3 Å². The van der Waals surface area contributed by atoms with Crippen LogP contribution in [0, 0.1) is 18.3 Å². The van der Waals surface area contributed by atoms with Gasteiger partial charge in [0.25, 0.3) is 0 Å². The number of nitriles is 1. The highest BCUT2D eigenvalue weighted by Gasteiger charge is 2.19. The number of pyridine rings is 1. The first-order valence-electron chi connectivity index (χ1n) is 7.05. The Morgan fingerprint density at radius 1 is 1.24 bits per heavy atom. The van der Waals surface area contributed by atoms with Crippen LogP contribution in [-0.2, 0) is 0 Å². The molecular formula is C15H17N5S. The van der Waals surface area contributed by atoms with Crippen LogP contribution < -0.4 is 9.80 Å². The van der Waals surface area contributed by atoms with E-state index in [1.165, 1.54) is 0 Å². The molecule has 1 aliphatic rings. The van der Waals surface area contributed by atoms with E-state index in [1.807, 2.05) is 19.1 Å². The third-order valence-corrected chi connectivity index (χ3v) is 4.60. The van der Waals surface area contributed by atoms with Gasteiger partial charge in [0.15, 0.2) is 5.13 Å². The minimum Gasteiger partial charge on any atom is -0.354 e. The van der Waals surface area contributed by atoms with Gasteiger partial charge in [0, 0.05) is 37.8 Å². The second-order valence-corrected chi connectivity index (χ2v) is 5.92. The summed E-state index contributed by atoms with van der Waals surface area (Å²) in [7, 11) is 0. The van der Waals surface area contributed by atoms with Crippen molar-refractivity contribution in [2.75, 3.05) is 36.0 Å². The number of aromatic nitrogens is 2. The Balaban J connectivity index is 1.75. The van der Waals surface area contributed by atoms with Crippen molar-refractivity contribution in [3.8, 4) is 6.07 Å². The molecule has 0 amide bonds. The van der Waals surface area contributed by atoms with Crippen LogP contribution in [0.2, 0.25) is 0 Å². The Hall–Kier alpha value is -2.13. The molecule has 0 spiro atoms. The fourth-order valence-corrected chi connectivity index (χ4v) is 3.40. The second-order valence-electron chi connectivity index (χ2n) is 5.09. The van der Waals surface area contributed by atoms with Crippen molar-refractivity contribution < 1.29 is 0 Å². The number of aryl methyl sites for hydroxylation is 1. The number of anilines is 2. The molecule has 1 saturated heterocycles. The van der Waals surface area contributed by atoms with E-state index in [0.717, 1.165) is 49.2 Å². The lowest BCUT2D eigenvalue weighted by molar-refractivity contribution is 0.796. The van der Waals surface area contributed by atoms with Gasteiger partial charge in [0.2, 0.25) is 0 Å². The number of rotatable bonds is 2. The van der Waals surface area contributed by atoms with E-state index >= 15 is 0 Å². The SMILES string of the molecule is Cc1csc(N2CCCN(c3ncccc3C#N)CC2)n1. The molecule has 0 aliphatic carbocycles. The standard InChI is InChI=1S/C15H17N5S/c1-12-11-21-15(18-12)20-7-3-6-19(8-9-20)14-13(10-16)4-2-5-17-14/h2,4-5,11H,3,6-9H2,1H3. The average Bonchev–Trinajstić information content (AvgIpc) is 2.81. The number of nitrogens with zero attached hydrogens (tertiary/aromatic N) is 5. The maximum atomic E-state index is 9.22. The molecule has 108 valence electrons. The lowest BCUT2D eigenvalue weighted by atomic mass is 10.2. The molecule has 21 heavy (non-hydrogen) atoms. The van der Waals surface area contributed by atoms with Crippen molar-refractivity contribution in [3.05, 3.63) is 35.0 Å². The summed E-state index contributed by atoms with van der Waals surface area (Å²) in [4.78, 5) is 13.5. The lowest BCUT2D eigenvalue weighted by Gasteiger charge is -2.23. The molecule has 2 aromatic rings. The monoisotopic (exact) mass is 299 g/mol. The zero-order valence-corrected chi connectivity index (χ0v) is 12.8. The molecule has 6 heteroatoms. The van der Waals surface area contributed by atoms with Gasteiger partial charge in [-0.1, -0.05) is 0 Å². The molecule has 0 atom stereocenters. The summed E-state index contributed by atoms with van der Waals surface area (Å²) in [6.07, 6.45) is 2.79. The molecular weight excluding hydrogens is 282 g/mol. The van der Waals surface area contributed by atoms with Gasteiger partial charge < -0.3 is 9.80 Å². The molecule has 0 aromatic carbocycles. The zero-order chi connectivity index (χ0) is 14.7. The highest BCUT2D eigenvalue weighted by Crippen LogP contribution is 2.23. The first-order valence-corrected chi connectivity index (χ1v) is 7.93. The molecule has 0 N–H and O–H groups in total. The molecule has 2 aromatic heterocycles. The van der Waals surface area contributed by atoms with Crippen LogP contribution in [0.15, 0.2) is 23.7 Å². The van der Waals surface area contributed by atoms with Crippen molar-refractivity contribution in [1.82, 2.24) is 9.97 Å². The number of hydrogen-bond donors (Lipinski definition) is 0. The van der Waals surface area contributed by atoms with Crippen LogP contribution in [0.25, 0.3) is 0 Å². The second kappa shape index (κ2) is 6.10. The van der Waals surface area contributed by atoms with Gasteiger partial charge in [-0.2, -0.15) is 5.26 Å². The molecule has 5 nitrogen and oxygen atoms in total. The van der Waals surface area contributed by atoms with Crippen LogP contribution in [-0.4, -0.2) is 36.1 Å². The van der Waals surface area contributed by atoms with Gasteiger partial charge in [-0.25, -0.2) is 9.97 Å². The Morgan fingerprint density at radius 2 is 2.05 bits per heavy atom. The molecule has 0 radical (unpaired) electrons. The van der Waals surface area contributed by atoms with Crippen molar-refractivity contribution >= 4 is 22.3 Å². The van der Waals surface area contributed by atoms with Crippen molar-refractivity contribution in [3.63, 3.8) is 0 Å². The summed E-state index contributed by atoms with van der Waals surface area (Å²) in [5, 5.41) is 12.4. The number of thiazole rings is 1. The fraction of sp³-hybridized carbons (Fsp3) is 0.400. The van der Waals surface area contributed by atoms with E-state index in [0.29, 0.717) is 5.56 Å². The molecule has 0 unspecified atom stereocenters. The van der Waals surface area contributed by atoms with Crippen molar-refractivity contribution in [2.24, 2.45) is 0 Å². The molecule has 0 bridgehead atoms. The van der Waals surface area contributed by atoms with Gasteiger partial charge in [-0.05, 0) is 25.5 Å². The first-order chi connectivity index (χ1) is 10.3. The summed E-state index contributed by atoms with van der Waals surface area (Å²) >= 11 is 1.70. The fourth-order valence-electron chi connectivity index (χ4n) is 2.54. The summed E-state index contributed by atoms with van der Waals surface area (Å²) in [5.74, 6) is 0.803. The third kappa shape index (κ3) is 2.98. The first kappa shape index (κ1) is 13.8. The molecule has 1 aliphatic heterocycles. The van der Waals surface area contributed by atoms with Gasteiger partial charge in [0.1, 0.15) is 11.9 Å². The number of hydrogen-bond acceptors (Lipinski definition) is 6. The predicted octanol–water partition coefficient (Wildman–Crippen LogP) is 2.43. The smallest absolute Gasteiger partial charge is 0.185 e. The molecule has 3 heterocycles. The van der Waals surface area contributed by atoms with Crippen LogP contribution >= 0.6 is 11.3 Å². The van der Waals surface area contributed by atoms with E-state index in [1.54, 1.807) is 17.5 Å². The van der Waals surface area contributed by atoms with E-state index < -0.39 is 0 Å². The minimum atomic E-state index is 0.649. The maximum Gasteiger partial charge on any atom is 0.185 e. The van der Waals surface area contributed by atoms with Crippen molar-refractivity contribution in [1.29, 1.82) is 5.26 Å². The van der Waals surface area contributed by atoms with Crippen LogP contribution in [0.4, 0.5) is 10.9 Å². The summed E-state index contributed by atoms with van der Waals surface area (Å²) < 4.78 is 0. The van der Waals surface area contributed by atoms with E-state index in [9.17, 15) is 5.26 Å². The Morgan fingerprint density at radius 3 is 2.81 bits per heavy atom. The van der Waals surface area contributed by atoms with Crippen LogP contribution in [0.3, 0.4) is 0 Å². The highest BCUT2D eigenvalue weighted by molar-refractivity contribution is 7.13. The molecule has 1 fully saturated rings. The van der Waals surface area contributed by atoms with Gasteiger partial charge in [-0.15, -0.1) is 11.3 Å². The van der Waals surface area contributed by atoms with Gasteiger partial charge in [-0.3, -0.25) is 0 Å². The largest absolute Gasteiger partial charge is 0.354 e. The van der Waals surface area contributed by atoms with E-state index in [-0.39, 0.29) is 0 Å². The van der Waals surface area contributed by atoms with E-state index in [4.69, 9.17) is 0 Å². The third-order valence-electron chi connectivity index (χ3n) is 3.58. The lowest BCUT2D eigenvalue weighted by Crippen LogP contribution is -2.31. The van der Waals surface area contributed by atoms with Gasteiger partial charge >= 0.3 is 0 Å². The van der Waals surface area contributed by atoms with Crippen LogP contribution in [0.5, 0.6) is 0 Å². The summed E-state index contributed by atoms with van der Waals surface area (Å²) in [6, 6.07) is 5.87. The quantitative estimate of drug-likeness (QED) is 0.852. The summed E-state index contributed by atoms with van der Waals surface area (Å²) in [6.45, 7) is 5.72. The topological polar surface area (TPSA) is 56.0 Å². The predicted molar refractivity (Wildman–Crippen MR) is 84.8 cm³/mol.